The van der Waals surface area contributed by atoms with Crippen LogP contribution >= 0.6 is 23.2 Å². The molecule has 4 atom stereocenters. The Morgan fingerprint density at radius 3 is 2.63 bits per heavy atom. The van der Waals surface area contributed by atoms with Crippen LogP contribution in [0.1, 0.15) is 18.4 Å². The molecule has 2 aromatic rings. The first-order chi connectivity index (χ1) is 14.5. The zero-order valence-electron chi connectivity index (χ0n) is 15.8. The first-order valence-corrected chi connectivity index (χ1v) is 10.7. The molecule has 152 valence electrons. The predicted molar refractivity (Wildman–Crippen MR) is 112 cm³/mol. The molecule has 0 aromatic heterocycles. The van der Waals surface area contributed by atoms with Crippen molar-refractivity contribution in [3.8, 4) is 0 Å². The van der Waals surface area contributed by atoms with Crippen molar-refractivity contribution in [2.45, 2.75) is 24.4 Å². The van der Waals surface area contributed by atoms with E-state index in [1.807, 2.05) is 6.07 Å². The van der Waals surface area contributed by atoms with Gasteiger partial charge in [-0.05, 0) is 43.7 Å². The summed E-state index contributed by atoms with van der Waals surface area (Å²) in [5, 5.41) is 3.78. The maximum Gasteiger partial charge on any atom is 0.250 e. The van der Waals surface area contributed by atoms with E-state index < -0.39 is 17.4 Å². The number of anilines is 2. The predicted octanol–water partition coefficient (Wildman–Crippen LogP) is 3.42. The van der Waals surface area contributed by atoms with Crippen molar-refractivity contribution in [2.75, 3.05) is 16.8 Å². The smallest absolute Gasteiger partial charge is 0.250 e. The summed E-state index contributed by atoms with van der Waals surface area (Å²) in [4.78, 5) is 44.1. The van der Waals surface area contributed by atoms with E-state index in [9.17, 15) is 14.4 Å². The van der Waals surface area contributed by atoms with Gasteiger partial charge in [0.05, 0.1) is 28.2 Å². The standard InChI is InChI=1S/C22H17Cl2N3O3/c23-11-4-1-5-12(10-11)27-19(28)16-15-8-3-9-26(15)22(17(16)20(27)29)13-6-2-7-14(24)18(13)25-21(22)30/h1-2,4-7,10,15-17H,3,8-9H2,(H,25,30)/t15-,16+,17-,22+/m1/s1. The lowest BCUT2D eigenvalue weighted by atomic mass is 9.75. The lowest BCUT2D eigenvalue weighted by Gasteiger charge is -2.36. The molecule has 2 aromatic carbocycles. The van der Waals surface area contributed by atoms with Crippen LogP contribution in [0.2, 0.25) is 10.0 Å². The number of halogens is 2. The van der Waals surface area contributed by atoms with Crippen LogP contribution in [-0.4, -0.2) is 35.2 Å². The van der Waals surface area contributed by atoms with Crippen molar-refractivity contribution < 1.29 is 14.4 Å². The van der Waals surface area contributed by atoms with Gasteiger partial charge in [0.15, 0.2) is 0 Å². The fourth-order valence-electron chi connectivity index (χ4n) is 6.06. The number of rotatable bonds is 1. The van der Waals surface area contributed by atoms with Gasteiger partial charge in [-0.15, -0.1) is 0 Å². The third kappa shape index (κ3) is 2.02. The second kappa shape index (κ2) is 6.06. The molecule has 6 rings (SSSR count). The van der Waals surface area contributed by atoms with Gasteiger partial charge < -0.3 is 5.32 Å². The van der Waals surface area contributed by atoms with Gasteiger partial charge in [-0.1, -0.05) is 41.4 Å². The Balaban J connectivity index is 1.57. The van der Waals surface area contributed by atoms with Crippen LogP contribution in [0, 0.1) is 11.8 Å². The van der Waals surface area contributed by atoms with Crippen LogP contribution in [0.5, 0.6) is 0 Å². The van der Waals surface area contributed by atoms with E-state index in [1.54, 1.807) is 36.4 Å². The number of benzene rings is 2. The number of para-hydroxylation sites is 1. The molecule has 1 spiro atoms. The second-order valence-electron chi connectivity index (χ2n) is 8.28. The largest absolute Gasteiger partial charge is 0.323 e. The highest BCUT2D eigenvalue weighted by Crippen LogP contribution is 2.61. The van der Waals surface area contributed by atoms with Crippen LogP contribution in [0.3, 0.4) is 0 Å². The molecule has 0 unspecified atom stereocenters. The quantitative estimate of drug-likeness (QED) is 0.688. The van der Waals surface area contributed by atoms with Gasteiger partial charge in [-0.3, -0.25) is 19.3 Å². The summed E-state index contributed by atoms with van der Waals surface area (Å²) in [5.74, 6) is -2.27. The van der Waals surface area contributed by atoms with E-state index in [0.717, 1.165) is 12.8 Å². The number of fused-ring (bicyclic) bond motifs is 7. The molecule has 0 radical (unpaired) electrons. The van der Waals surface area contributed by atoms with Gasteiger partial charge in [-0.2, -0.15) is 0 Å². The first-order valence-electron chi connectivity index (χ1n) is 9.97. The van der Waals surface area contributed by atoms with E-state index in [1.165, 1.54) is 4.90 Å². The van der Waals surface area contributed by atoms with Crippen LogP contribution in [0.25, 0.3) is 0 Å². The third-order valence-electron chi connectivity index (χ3n) is 7.04. The topological polar surface area (TPSA) is 69.7 Å². The van der Waals surface area contributed by atoms with Gasteiger partial charge in [0.2, 0.25) is 11.8 Å². The summed E-state index contributed by atoms with van der Waals surface area (Å²) < 4.78 is 0. The van der Waals surface area contributed by atoms with E-state index >= 15 is 0 Å². The third-order valence-corrected chi connectivity index (χ3v) is 7.59. The molecule has 0 bridgehead atoms. The van der Waals surface area contributed by atoms with Crippen LogP contribution in [0.15, 0.2) is 42.5 Å². The summed E-state index contributed by atoms with van der Waals surface area (Å²) in [6.07, 6.45) is 1.64. The van der Waals surface area contributed by atoms with Crippen molar-refractivity contribution in [2.24, 2.45) is 11.8 Å². The number of nitrogens with zero attached hydrogens (tertiary/aromatic N) is 2. The monoisotopic (exact) mass is 441 g/mol. The van der Waals surface area contributed by atoms with E-state index in [0.29, 0.717) is 33.5 Å². The Hall–Kier alpha value is -2.41. The average Bonchev–Trinajstić information content (AvgIpc) is 3.41. The molecule has 4 aliphatic rings. The molecule has 3 amide bonds. The molecule has 1 N–H and O–H groups in total. The minimum atomic E-state index is -1.22. The molecule has 6 nitrogen and oxygen atoms in total. The van der Waals surface area contributed by atoms with Crippen molar-refractivity contribution >= 4 is 52.3 Å². The number of amides is 3. The Bertz CT molecular complexity index is 1150. The SMILES string of the molecule is O=C1[C@H]2[C@H]3CCCN3[C@]3(C(=O)Nc4c(Cl)cccc43)[C@H]2C(=O)N1c1cccc(Cl)c1. The molecule has 4 heterocycles. The van der Waals surface area contributed by atoms with Gasteiger partial charge >= 0.3 is 0 Å². The lowest BCUT2D eigenvalue weighted by Crippen LogP contribution is -2.54. The molecular formula is C22H17Cl2N3O3. The normalized spacial score (nSPS) is 32.0. The van der Waals surface area contributed by atoms with Crippen molar-refractivity contribution in [3.05, 3.63) is 58.1 Å². The number of nitrogens with one attached hydrogen (secondary N) is 1. The first kappa shape index (κ1) is 18.4. The van der Waals surface area contributed by atoms with Crippen LogP contribution < -0.4 is 10.2 Å². The van der Waals surface area contributed by atoms with Gasteiger partial charge in [0.1, 0.15) is 5.54 Å². The van der Waals surface area contributed by atoms with E-state index in [-0.39, 0.29) is 23.8 Å². The highest BCUT2D eigenvalue weighted by Gasteiger charge is 2.74. The summed E-state index contributed by atoms with van der Waals surface area (Å²) >= 11 is 12.5. The number of carbonyl (C=O) groups excluding carboxylic acids is 3. The Morgan fingerprint density at radius 1 is 1.03 bits per heavy atom. The van der Waals surface area contributed by atoms with Gasteiger partial charge in [0.25, 0.3) is 5.91 Å². The minimum absolute atomic E-state index is 0.161. The molecule has 8 heteroatoms. The molecule has 3 fully saturated rings. The Kier molecular flexibility index (Phi) is 3.71. The number of hydrogen-bond acceptors (Lipinski definition) is 4. The molecule has 4 aliphatic heterocycles. The fourth-order valence-corrected chi connectivity index (χ4v) is 6.47. The van der Waals surface area contributed by atoms with Gasteiger partial charge in [0, 0.05) is 16.6 Å². The summed E-state index contributed by atoms with van der Waals surface area (Å²) in [6, 6.07) is 11.9. The molecule has 3 saturated heterocycles. The lowest BCUT2D eigenvalue weighted by molar-refractivity contribution is -0.135. The van der Waals surface area contributed by atoms with Crippen LogP contribution in [0.4, 0.5) is 11.4 Å². The second-order valence-corrected chi connectivity index (χ2v) is 9.12. The van der Waals surface area contributed by atoms with E-state index in [4.69, 9.17) is 23.2 Å². The minimum Gasteiger partial charge on any atom is -0.323 e. The molecule has 30 heavy (non-hydrogen) atoms. The molecule has 0 saturated carbocycles. The summed E-state index contributed by atoms with van der Waals surface area (Å²) in [6.45, 7) is 0.661. The zero-order chi connectivity index (χ0) is 20.8. The van der Waals surface area contributed by atoms with Crippen molar-refractivity contribution in [1.29, 1.82) is 0 Å². The Labute approximate surface area is 182 Å². The summed E-state index contributed by atoms with van der Waals surface area (Å²) in [5.41, 5.74) is 0.452. The van der Waals surface area contributed by atoms with Crippen LogP contribution in [-0.2, 0) is 19.9 Å². The number of hydrogen-bond donors (Lipinski definition) is 1. The maximum absolute atomic E-state index is 13.8. The number of imide groups is 1. The van der Waals surface area contributed by atoms with Crippen molar-refractivity contribution in [1.82, 2.24) is 4.90 Å². The fraction of sp³-hybridized carbons (Fsp3) is 0.318. The molecule has 0 aliphatic carbocycles. The highest BCUT2D eigenvalue weighted by atomic mass is 35.5. The van der Waals surface area contributed by atoms with E-state index in [2.05, 4.69) is 10.2 Å². The summed E-state index contributed by atoms with van der Waals surface area (Å²) in [7, 11) is 0. The highest BCUT2D eigenvalue weighted by molar-refractivity contribution is 6.35. The zero-order valence-corrected chi connectivity index (χ0v) is 17.3. The van der Waals surface area contributed by atoms with Gasteiger partial charge in [-0.25, -0.2) is 4.90 Å². The number of carbonyl (C=O) groups is 3. The van der Waals surface area contributed by atoms with Crippen molar-refractivity contribution in [3.63, 3.8) is 0 Å². The Morgan fingerprint density at radius 2 is 1.83 bits per heavy atom. The maximum atomic E-state index is 13.8. The average molecular weight is 442 g/mol. The molecular weight excluding hydrogens is 425 g/mol.